The molecule has 2 aromatic carbocycles. The molecule has 9 heteroatoms. The molecule has 2 aromatic rings. The number of carbonyl (C=O) groups is 3. The van der Waals surface area contributed by atoms with Crippen LogP contribution in [0.4, 0.5) is 5.69 Å². The van der Waals surface area contributed by atoms with E-state index < -0.39 is 24.4 Å². The fourth-order valence-electron chi connectivity index (χ4n) is 2.06. The Balaban J connectivity index is 1.78. The third kappa shape index (κ3) is 6.53. The Hall–Kier alpha value is -2.09. The van der Waals surface area contributed by atoms with Crippen molar-refractivity contribution in [1.82, 2.24) is 5.32 Å². The van der Waals surface area contributed by atoms with Crippen LogP contribution in [0.25, 0.3) is 0 Å². The largest absolute Gasteiger partial charge is 0.452 e. The van der Waals surface area contributed by atoms with Gasteiger partial charge < -0.3 is 15.4 Å². The maximum atomic E-state index is 11.9. The molecule has 0 aliphatic carbocycles. The molecule has 0 bridgehead atoms. The maximum absolute atomic E-state index is 11.9. The molecule has 0 heterocycles. The van der Waals surface area contributed by atoms with E-state index in [9.17, 15) is 14.4 Å². The first-order valence-corrected chi connectivity index (χ1v) is 9.26. The number of esters is 1. The van der Waals surface area contributed by atoms with Crippen LogP contribution in [0, 0.1) is 6.92 Å². The summed E-state index contributed by atoms with van der Waals surface area (Å²) >= 11 is 15.0. The van der Waals surface area contributed by atoms with Gasteiger partial charge in [-0.2, -0.15) is 0 Å². The zero-order valence-electron chi connectivity index (χ0n) is 14.1. The van der Waals surface area contributed by atoms with Crippen LogP contribution in [0.2, 0.25) is 10.0 Å². The molecule has 0 radical (unpaired) electrons. The summed E-state index contributed by atoms with van der Waals surface area (Å²) in [6, 6.07) is 9.68. The van der Waals surface area contributed by atoms with E-state index in [0.29, 0.717) is 10.7 Å². The van der Waals surface area contributed by atoms with E-state index in [-0.39, 0.29) is 17.1 Å². The van der Waals surface area contributed by atoms with Gasteiger partial charge in [0.05, 0.1) is 17.1 Å². The SMILES string of the molecule is Cc1cc(Br)ccc1NC(=O)CNC(=O)COC(=O)c1ccc(Cl)cc1Cl. The van der Waals surface area contributed by atoms with Crippen molar-refractivity contribution in [2.45, 2.75) is 6.92 Å². The lowest BCUT2D eigenvalue weighted by Crippen LogP contribution is -2.35. The van der Waals surface area contributed by atoms with Gasteiger partial charge in [-0.05, 0) is 48.9 Å². The van der Waals surface area contributed by atoms with Gasteiger partial charge in [-0.3, -0.25) is 9.59 Å². The molecule has 0 unspecified atom stereocenters. The highest BCUT2D eigenvalue weighted by atomic mass is 79.9. The molecule has 27 heavy (non-hydrogen) atoms. The quantitative estimate of drug-likeness (QED) is 0.621. The molecule has 0 saturated carbocycles. The fourth-order valence-corrected chi connectivity index (χ4v) is 3.02. The second-order valence-electron chi connectivity index (χ2n) is 5.48. The first-order valence-electron chi connectivity index (χ1n) is 7.71. The predicted octanol–water partition coefficient (Wildman–Crippen LogP) is 3.98. The molecular formula is C18H15BrCl2N2O4. The average Bonchev–Trinajstić information content (AvgIpc) is 2.60. The van der Waals surface area contributed by atoms with Crippen molar-refractivity contribution in [2.75, 3.05) is 18.5 Å². The first kappa shape index (κ1) is 21.2. The van der Waals surface area contributed by atoms with Gasteiger partial charge in [-0.25, -0.2) is 4.79 Å². The Morgan fingerprint density at radius 2 is 1.81 bits per heavy atom. The smallest absolute Gasteiger partial charge is 0.340 e. The number of amides is 2. The lowest BCUT2D eigenvalue weighted by molar-refractivity contribution is -0.126. The number of ether oxygens (including phenoxy) is 1. The Labute approximate surface area is 174 Å². The number of halogens is 3. The van der Waals surface area contributed by atoms with Crippen molar-refractivity contribution in [3.63, 3.8) is 0 Å². The van der Waals surface area contributed by atoms with Gasteiger partial charge in [-0.15, -0.1) is 0 Å². The normalized spacial score (nSPS) is 10.2. The number of rotatable bonds is 6. The van der Waals surface area contributed by atoms with Gasteiger partial charge in [0, 0.05) is 15.2 Å². The zero-order chi connectivity index (χ0) is 20.0. The molecule has 2 amide bonds. The van der Waals surface area contributed by atoms with Crippen molar-refractivity contribution in [1.29, 1.82) is 0 Å². The van der Waals surface area contributed by atoms with Crippen LogP contribution in [0.1, 0.15) is 15.9 Å². The van der Waals surface area contributed by atoms with Crippen LogP contribution in [0.15, 0.2) is 40.9 Å². The van der Waals surface area contributed by atoms with Crippen LogP contribution in [0.3, 0.4) is 0 Å². The fraction of sp³-hybridized carbons (Fsp3) is 0.167. The molecule has 6 nitrogen and oxygen atoms in total. The van der Waals surface area contributed by atoms with Gasteiger partial charge in [0.15, 0.2) is 6.61 Å². The number of anilines is 1. The van der Waals surface area contributed by atoms with Crippen molar-refractivity contribution >= 4 is 62.6 Å². The van der Waals surface area contributed by atoms with E-state index in [1.807, 2.05) is 13.0 Å². The molecule has 0 aromatic heterocycles. The highest BCUT2D eigenvalue weighted by Crippen LogP contribution is 2.22. The van der Waals surface area contributed by atoms with E-state index in [2.05, 4.69) is 26.6 Å². The first-order chi connectivity index (χ1) is 12.8. The van der Waals surface area contributed by atoms with Gasteiger partial charge in [0.2, 0.25) is 5.91 Å². The summed E-state index contributed by atoms with van der Waals surface area (Å²) in [4.78, 5) is 35.6. The minimum absolute atomic E-state index is 0.0947. The molecule has 2 rings (SSSR count). The summed E-state index contributed by atoms with van der Waals surface area (Å²) in [6.07, 6.45) is 0. The minimum Gasteiger partial charge on any atom is -0.452 e. The number of hydrogen-bond acceptors (Lipinski definition) is 4. The van der Waals surface area contributed by atoms with Gasteiger partial charge in [-0.1, -0.05) is 39.1 Å². The topological polar surface area (TPSA) is 84.5 Å². The van der Waals surface area contributed by atoms with Gasteiger partial charge in [0.25, 0.3) is 5.91 Å². The summed E-state index contributed by atoms with van der Waals surface area (Å²) in [6.45, 7) is 1.05. The monoisotopic (exact) mass is 472 g/mol. The second kappa shape index (κ2) is 9.73. The molecule has 0 aliphatic rings. The lowest BCUT2D eigenvalue weighted by atomic mass is 10.2. The molecule has 2 N–H and O–H groups in total. The lowest BCUT2D eigenvalue weighted by Gasteiger charge is -2.10. The van der Waals surface area contributed by atoms with E-state index >= 15 is 0 Å². The summed E-state index contributed by atoms with van der Waals surface area (Å²) in [7, 11) is 0. The van der Waals surface area contributed by atoms with Crippen molar-refractivity contribution in [3.05, 3.63) is 62.0 Å². The van der Waals surface area contributed by atoms with Gasteiger partial charge >= 0.3 is 5.97 Å². The number of carbonyl (C=O) groups excluding carboxylic acids is 3. The van der Waals surface area contributed by atoms with Crippen LogP contribution in [-0.2, 0) is 14.3 Å². The van der Waals surface area contributed by atoms with Crippen LogP contribution in [-0.4, -0.2) is 30.9 Å². The molecule has 142 valence electrons. The molecule has 0 aliphatic heterocycles. The minimum atomic E-state index is -0.762. The Bertz CT molecular complexity index is 890. The van der Waals surface area contributed by atoms with E-state index in [0.717, 1.165) is 10.0 Å². The third-order valence-electron chi connectivity index (χ3n) is 3.39. The number of nitrogens with one attached hydrogen (secondary N) is 2. The molecular weight excluding hydrogens is 459 g/mol. The molecule has 0 atom stereocenters. The summed E-state index contributed by atoms with van der Waals surface area (Å²) in [5.74, 6) is -1.78. The van der Waals surface area contributed by atoms with Crippen LogP contribution in [0.5, 0.6) is 0 Å². The second-order valence-corrected chi connectivity index (χ2v) is 7.24. The van der Waals surface area contributed by atoms with E-state index in [1.165, 1.54) is 18.2 Å². The number of aryl methyl sites for hydroxylation is 1. The average molecular weight is 474 g/mol. The Morgan fingerprint density at radius 1 is 1.07 bits per heavy atom. The standard InChI is InChI=1S/C18H15BrCl2N2O4/c1-10-6-11(19)2-5-15(10)23-16(24)8-22-17(25)9-27-18(26)13-4-3-12(20)7-14(13)21/h2-7H,8-9H2,1H3,(H,22,25)(H,23,24). The van der Waals surface area contributed by atoms with Crippen molar-refractivity contribution in [2.24, 2.45) is 0 Å². The Kier molecular flexibility index (Phi) is 7.65. The van der Waals surface area contributed by atoms with Crippen molar-refractivity contribution < 1.29 is 19.1 Å². The predicted molar refractivity (Wildman–Crippen MR) is 107 cm³/mol. The Morgan fingerprint density at radius 3 is 2.48 bits per heavy atom. The van der Waals surface area contributed by atoms with Crippen LogP contribution < -0.4 is 10.6 Å². The number of hydrogen-bond donors (Lipinski definition) is 2. The van der Waals surface area contributed by atoms with Crippen molar-refractivity contribution in [3.8, 4) is 0 Å². The maximum Gasteiger partial charge on any atom is 0.340 e. The summed E-state index contributed by atoms with van der Waals surface area (Å²) in [5, 5.41) is 5.56. The highest BCUT2D eigenvalue weighted by Gasteiger charge is 2.14. The zero-order valence-corrected chi connectivity index (χ0v) is 17.2. The van der Waals surface area contributed by atoms with E-state index in [4.69, 9.17) is 27.9 Å². The molecule has 0 saturated heterocycles. The number of benzene rings is 2. The van der Waals surface area contributed by atoms with E-state index in [1.54, 1.807) is 12.1 Å². The molecule has 0 fully saturated rings. The summed E-state index contributed by atoms with van der Waals surface area (Å²) in [5.41, 5.74) is 1.61. The third-order valence-corrected chi connectivity index (χ3v) is 4.44. The summed E-state index contributed by atoms with van der Waals surface area (Å²) < 4.78 is 5.78. The highest BCUT2D eigenvalue weighted by molar-refractivity contribution is 9.10. The van der Waals surface area contributed by atoms with Gasteiger partial charge in [0.1, 0.15) is 0 Å². The molecule has 0 spiro atoms. The van der Waals surface area contributed by atoms with Crippen LogP contribution >= 0.6 is 39.1 Å².